The number of aryl methyl sites for hydroxylation is 2. The Morgan fingerprint density at radius 2 is 1.14 bits per heavy atom. The minimum absolute atomic E-state index is 0.298. The minimum atomic E-state index is 0.298. The fraction of sp³-hybridized carbons (Fsp3) is 0.102. The first-order valence-electron chi connectivity index (χ1n) is 17.7. The molecule has 10 rings (SSSR count). The second kappa shape index (κ2) is 11.2. The van der Waals surface area contributed by atoms with Crippen molar-refractivity contribution in [1.29, 1.82) is 0 Å². The van der Waals surface area contributed by atoms with Crippen LogP contribution in [0.3, 0.4) is 0 Å². The molecule has 0 saturated heterocycles. The van der Waals surface area contributed by atoms with Crippen molar-refractivity contribution < 1.29 is 0 Å². The predicted octanol–water partition coefficient (Wildman–Crippen LogP) is 12.8. The fourth-order valence-corrected chi connectivity index (χ4v) is 8.77. The average Bonchev–Trinajstić information content (AvgIpc) is 3.56. The molecule has 232 valence electrons. The summed E-state index contributed by atoms with van der Waals surface area (Å²) in [6.45, 7) is 2.36. The first-order valence-corrected chi connectivity index (χ1v) is 17.7. The standard InChI is InChI=1S/C49H36/c1-31(32-10-3-2-4-11-32)41-17-9-14-39-28-47-46(38-23-25-45-37(27-38)21-19-34-13-6-8-16-43(34)45)29-40(30-48(47)49(39)41)35-22-24-44-36(26-35)20-18-33-12-5-7-15-42(33)44/h2-18,20,22-27,29-31H,19,21,28H2,1H3. The summed E-state index contributed by atoms with van der Waals surface area (Å²) in [7, 11) is 0. The predicted molar refractivity (Wildman–Crippen MR) is 207 cm³/mol. The van der Waals surface area contributed by atoms with Crippen molar-refractivity contribution in [3.05, 3.63) is 191 Å². The molecule has 0 saturated carbocycles. The van der Waals surface area contributed by atoms with E-state index in [1.807, 2.05) is 0 Å². The summed E-state index contributed by atoms with van der Waals surface area (Å²) in [5, 5.41) is 5.19. The van der Waals surface area contributed by atoms with Crippen LogP contribution >= 0.6 is 0 Å². The maximum atomic E-state index is 2.49. The number of rotatable bonds is 4. The lowest BCUT2D eigenvalue weighted by Crippen LogP contribution is -2.04. The van der Waals surface area contributed by atoms with E-state index in [1.165, 1.54) is 99.4 Å². The van der Waals surface area contributed by atoms with E-state index in [-0.39, 0.29) is 0 Å². The average molecular weight is 625 g/mol. The van der Waals surface area contributed by atoms with E-state index in [0.29, 0.717) is 5.92 Å². The molecule has 0 bridgehead atoms. The second-order valence-corrected chi connectivity index (χ2v) is 14.0. The van der Waals surface area contributed by atoms with Gasteiger partial charge in [0.1, 0.15) is 0 Å². The third-order valence-electron chi connectivity index (χ3n) is 11.3. The van der Waals surface area contributed by atoms with E-state index in [4.69, 9.17) is 0 Å². The molecule has 8 aromatic rings. The van der Waals surface area contributed by atoms with Crippen LogP contribution in [-0.4, -0.2) is 0 Å². The summed E-state index contributed by atoms with van der Waals surface area (Å²) in [6, 6.07) is 59.4. The van der Waals surface area contributed by atoms with E-state index in [2.05, 4.69) is 165 Å². The largest absolute Gasteiger partial charge is 0.0622 e. The summed E-state index contributed by atoms with van der Waals surface area (Å²) in [4.78, 5) is 0. The molecule has 1 atom stereocenters. The SMILES string of the molecule is CC(c1ccccc1)c1cccc2c1-c1cc(-c3ccc4c(ccc5ccccc54)c3)cc(-c3ccc4c(c3)CCc3ccccc3-4)c1C2. The van der Waals surface area contributed by atoms with Gasteiger partial charge in [-0.2, -0.15) is 0 Å². The van der Waals surface area contributed by atoms with Gasteiger partial charge in [0.25, 0.3) is 0 Å². The summed E-state index contributed by atoms with van der Waals surface area (Å²) < 4.78 is 0. The van der Waals surface area contributed by atoms with Gasteiger partial charge in [-0.15, -0.1) is 0 Å². The fourth-order valence-electron chi connectivity index (χ4n) is 8.77. The molecule has 0 fully saturated rings. The summed E-state index contributed by atoms with van der Waals surface area (Å²) >= 11 is 0. The van der Waals surface area contributed by atoms with Gasteiger partial charge in [-0.05, 0) is 137 Å². The highest BCUT2D eigenvalue weighted by atomic mass is 14.3. The molecule has 1 unspecified atom stereocenters. The highest BCUT2D eigenvalue weighted by Gasteiger charge is 2.28. The Bertz CT molecular complexity index is 2590. The Kier molecular flexibility index (Phi) is 6.46. The van der Waals surface area contributed by atoms with Gasteiger partial charge in [-0.1, -0.05) is 146 Å². The van der Waals surface area contributed by atoms with Gasteiger partial charge in [0.2, 0.25) is 0 Å². The Balaban J connectivity index is 1.18. The number of benzene rings is 8. The number of hydrogen-bond donors (Lipinski definition) is 0. The van der Waals surface area contributed by atoms with E-state index in [0.717, 1.165) is 19.3 Å². The van der Waals surface area contributed by atoms with E-state index in [1.54, 1.807) is 0 Å². The zero-order valence-corrected chi connectivity index (χ0v) is 27.7. The van der Waals surface area contributed by atoms with Gasteiger partial charge >= 0.3 is 0 Å². The molecular weight excluding hydrogens is 589 g/mol. The quantitative estimate of drug-likeness (QED) is 0.171. The van der Waals surface area contributed by atoms with Gasteiger partial charge in [0.15, 0.2) is 0 Å². The molecule has 2 aliphatic rings. The molecule has 0 radical (unpaired) electrons. The number of hydrogen-bond acceptors (Lipinski definition) is 0. The lowest BCUT2D eigenvalue weighted by Gasteiger charge is -2.22. The van der Waals surface area contributed by atoms with Crippen LogP contribution in [0.15, 0.2) is 158 Å². The van der Waals surface area contributed by atoms with E-state index >= 15 is 0 Å². The molecule has 49 heavy (non-hydrogen) atoms. The van der Waals surface area contributed by atoms with Crippen LogP contribution in [0.1, 0.15) is 46.2 Å². The lowest BCUT2D eigenvalue weighted by molar-refractivity contribution is 0.924. The monoisotopic (exact) mass is 624 g/mol. The Hall–Kier alpha value is -5.72. The Morgan fingerprint density at radius 1 is 0.429 bits per heavy atom. The minimum Gasteiger partial charge on any atom is -0.0622 e. The highest BCUT2D eigenvalue weighted by Crippen LogP contribution is 2.49. The van der Waals surface area contributed by atoms with Gasteiger partial charge in [-0.3, -0.25) is 0 Å². The van der Waals surface area contributed by atoms with Crippen molar-refractivity contribution in [3.8, 4) is 44.5 Å². The van der Waals surface area contributed by atoms with Crippen LogP contribution in [0.2, 0.25) is 0 Å². The molecule has 2 aliphatic carbocycles. The molecule has 0 spiro atoms. The zero-order valence-electron chi connectivity index (χ0n) is 27.7. The normalized spacial score (nSPS) is 13.5. The highest BCUT2D eigenvalue weighted by molar-refractivity contribution is 6.08. The van der Waals surface area contributed by atoms with Crippen LogP contribution in [0.25, 0.3) is 66.1 Å². The van der Waals surface area contributed by atoms with Gasteiger partial charge in [0, 0.05) is 5.92 Å². The van der Waals surface area contributed by atoms with Gasteiger partial charge in [0.05, 0.1) is 0 Å². The van der Waals surface area contributed by atoms with Crippen molar-refractivity contribution in [3.63, 3.8) is 0 Å². The van der Waals surface area contributed by atoms with Crippen LogP contribution in [0, 0.1) is 0 Å². The smallest absolute Gasteiger partial charge is 0.00672 e. The van der Waals surface area contributed by atoms with E-state index < -0.39 is 0 Å². The first-order chi connectivity index (χ1) is 24.2. The first kappa shape index (κ1) is 28.3. The summed E-state index contributed by atoms with van der Waals surface area (Å²) in [6.07, 6.45) is 3.14. The zero-order chi connectivity index (χ0) is 32.5. The molecule has 0 aliphatic heterocycles. The maximum Gasteiger partial charge on any atom is 0.00672 e. The van der Waals surface area contributed by atoms with Crippen LogP contribution < -0.4 is 0 Å². The Morgan fingerprint density at radius 3 is 2.08 bits per heavy atom. The van der Waals surface area contributed by atoms with Crippen molar-refractivity contribution >= 4 is 21.5 Å². The van der Waals surface area contributed by atoms with Crippen LogP contribution in [0.4, 0.5) is 0 Å². The van der Waals surface area contributed by atoms with Crippen LogP contribution in [0.5, 0.6) is 0 Å². The molecule has 8 aromatic carbocycles. The van der Waals surface area contributed by atoms with Crippen molar-refractivity contribution in [2.75, 3.05) is 0 Å². The summed E-state index contributed by atoms with van der Waals surface area (Å²) in [5.41, 5.74) is 19.4. The topological polar surface area (TPSA) is 0 Å². The third-order valence-corrected chi connectivity index (χ3v) is 11.3. The summed E-state index contributed by atoms with van der Waals surface area (Å²) in [5.74, 6) is 0.298. The van der Waals surface area contributed by atoms with Crippen molar-refractivity contribution in [2.24, 2.45) is 0 Å². The van der Waals surface area contributed by atoms with Gasteiger partial charge in [-0.25, -0.2) is 0 Å². The third kappa shape index (κ3) is 4.59. The molecule has 0 N–H and O–H groups in total. The molecule has 0 heterocycles. The van der Waals surface area contributed by atoms with Gasteiger partial charge < -0.3 is 0 Å². The molecule has 0 heteroatoms. The number of fused-ring (bicyclic) bond motifs is 9. The second-order valence-electron chi connectivity index (χ2n) is 14.0. The molecular formula is C49H36. The van der Waals surface area contributed by atoms with Crippen molar-refractivity contribution in [1.82, 2.24) is 0 Å². The molecule has 0 amide bonds. The van der Waals surface area contributed by atoms with E-state index in [9.17, 15) is 0 Å². The maximum absolute atomic E-state index is 2.49. The lowest BCUT2D eigenvalue weighted by atomic mass is 9.82. The van der Waals surface area contributed by atoms with Crippen molar-refractivity contribution in [2.45, 2.75) is 32.1 Å². The molecule has 0 aromatic heterocycles. The molecule has 0 nitrogen and oxygen atoms in total. The Labute approximate surface area is 288 Å². The van der Waals surface area contributed by atoms with Crippen LogP contribution in [-0.2, 0) is 19.3 Å².